The van der Waals surface area contributed by atoms with Crippen LogP contribution < -0.4 is 0 Å². The second kappa shape index (κ2) is 12.0. The molecule has 0 radical (unpaired) electrons. The Bertz CT molecular complexity index is 2280. The predicted octanol–water partition coefficient (Wildman–Crippen LogP) is 9.15. The van der Waals surface area contributed by atoms with E-state index in [1.807, 2.05) is 91.0 Å². The number of aromatic nitrogens is 6. The summed E-state index contributed by atoms with van der Waals surface area (Å²) in [7, 11) is 0. The molecule has 7 aromatic rings. The molecule has 0 unspecified atom stereocenters. The highest BCUT2D eigenvalue weighted by Gasteiger charge is 2.51. The van der Waals surface area contributed by atoms with Gasteiger partial charge in [-0.2, -0.15) is 0 Å². The van der Waals surface area contributed by atoms with Crippen molar-refractivity contribution in [2.75, 3.05) is 0 Å². The van der Waals surface area contributed by atoms with Crippen LogP contribution in [0, 0.1) is 0 Å². The van der Waals surface area contributed by atoms with Crippen molar-refractivity contribution in [2.24, 2.45) is 0 Å². The molecule has 232 valence electrons. The van der Waals surface area contributed by atoms with Gasteiger partial charge >= 0.3 is 0 Å². The zero-order valence-electron chi connectivity index (χ0n) is 26.6. The van der Waals surface area contributed by atoms with Crippen molar-refractivity contribution in [1.29, 1.82) is 0 Å². The van der Waals surface area contributed by atoms with Gasteiger partial charge in [0.15, 0.2) is 34.9 Å². The van der Waals surface area contributed by atoms with E-state index in [4.69, 9.17) is 29.9 Å². The molecule has 2 aliphatic rings. The van der Waals surface area contributed by atoms with Crippen LogP contribution >= 0.6 is 0 Å². The van der Waals surface area contributed by atoms with E-state index < -0.39 is 5.41 Å². The van der Waals surface area contributed by atoms with Crippen LogP contribution in [-0.2, 0) is 5.41 Å². The molecule has 0 saturated heterocycles. The summed E-state index contributed by atoms with van der Waals surface area (Å²) in [6, 6.07) is 47.2. The van der Waals surface area contributed by atoms with Gasteiger partial charge in [-0.15, -0.1) is 0 Å². The second-order valence-corrected chi connectivity index (χ2v) is 12.2. The molecular weight excluding hydrogens is 601 g/mol. The molecule has 0 bridgehead atoms. The second-order valence-electron chi connectivity index (χ2n) is 12.2. The maximum Gasteiger partial charge on any atom is 0.163 e. The number of fused-ring (bicyclic) bond motifs is 3. The van der Waals surface area contributed by atoms with Gasteiger partial charge in [0.05, 0.1) is 0 Å². The fourth-order valence-corrected chi connectivity index (χ4v) is 6.96. The molecular formula is C43H30N6. The van der Waals surface area contributed by atoms with Crippen molar-refractivity contribution in [3.8, 4) is 45.3 Å². The van der Waals surface area contributed by atoms with Crippen LogP contribution in [-0.4, -0.2) is 29.9 Å². The fourth-order valence-electron chi connectivity index (χ4n) is 6.96. The average molecular weight is 631 g/mol. The molecule has 0 fully saturated rings. The third-order valence-corrected chi connectivity index (χ3v) is 9.24. The number of nitrogens with zero attached hydrogens (tertiary/aromatic N) is 6. The molecule has 0 amide bonds. The first kappa shape index (κ1) is 28.8. The lowest BCUT2D eigenvalue weighted by molar-refractivity contribution is 0.636. The van der Waals surface area contributed by atoms with E-state index in [2.05, 4.69) is 66.8 Å². The van der Waals surface area contributed by atoms with Crippen LogP contribution in [0.15, 0.2) is 158 Å². The molecule has 5 aromatic carbocycles. The van der Waals surface area contributed by atoms with Crippen LogP contribution in [0.4, 0.5) is 0 Å². The summed E-state index contributed by atoms with van der Waals surface area (Å²) in [5, 5.41) is 0. The number of allylic oxidation sites excluding steroid dienone is 4. The van der Waals surface area contributed by atoms with Gasteiger partial charge in [-0.3, -0.25) is 0 Å². The maximum atomic E-state index is 5.37. The quantitative estimate of drug-likeness (QED) is 0.182. The molecule has 0 atom stereocenters. The minimum absolute atomic E-state index is 0.557. The predicted molar refractivity (Wildman–Crippen MR) is 193 cm³/mol. The van der Waals surface area contributed by atoms with E-state index in [0.717, 1.165) is 57.4 Å². The van der Waals surface area contributed by atoms with Crippen LogP contribution in [0.5, 0.6) is 0 Å². The Morgan fingerprint density at radius 2 is 0.796 bits per heavy atom. The van der Waals surface area contributed by atoms with Crippen molar-refractivity contribution in [3.05, 3.63) is 186 Å². The Morgan fingerprint density at radius 3 is 1.24 bits per heavy atom. The van der Waals surface area contributed by atoms with Gasteiger partial charge in [0.25, 0.3) is 0 Å². The molecule has 9 rings (SSSR count). The molecule has 49 heavy (non-hydrogen) atoms. The highest BCUT2D eigenvalue weighted by atomic mass is 15.1. The zero-order valence-corrected chi connectivity index (χ0v) is 26.6. The lowest BCUT2D eigenvalue weighted by Gasteiger charge is -2.30. The first-order chi connectivity index (χ1) is 24.3. The molecule has 2 aromatic heterocycles. The zero-order chi connectivity index (χ0) is 32.6. The van der Waals surface area contributed by atoms with Crippen molar-refractivity contribution in [3.63, 3.8) is 0 Å². The summed E-state index contributed by atoms with van der Waals surface area (Å²) in [4.78, 5) is 31.5. The smallest absolute Gasteiger partial charge is 0.163 e. The Balaban J connectivity index is 1.42. The Morgan fingerprint density at radius 1 is 0.388 bits per heavy atom. The van der Waals surface area contributed by atoms with Crippen molar-refractivity contribution in [2.45, 2.75) is 18.3 Å². The highest BCUT2D eigenvalue weighted by Crippen LogP contribution is 2.54. The molecule has 0 spiro atoms. The van der Waals surface area contributed by atoms with E-state index >= 15 is 0 Å². The molecule has 2 aliphatic carbocycles. The monoisotopic (exact) mass is 630 g/mol. The SMILES string of the molecule is C1=CC(c2nc(-c3ccccc3)nc(C3(c4nc(-c5ccccc5)nc(-c5ccccc5)n4)c4ccccc4-c4ccccc43)n2)=CCC1. The van der Waals surface area contributed by atoms with E-state index in [1.54, 1.807) is 0 Å². The highest BCUT2D eigenvalue weighted by molar-refractivity contribution is 5.85. The average Bonchev–Trinajstić information content (AvgIpc) is 3.50. The molecule has 0 aliphatic heterocycles. The summed E-state index contributed by atoms with van der Waals surface area (Å²) < 4.78 is 0. The van der Waals surface area contributed by atoms with Gasteiger partial charge in [-0.25, -0.2) is 29.9 Å². The minimum atomic E-state index is -1.08. The fraction of sp³-hybridized carbons (Fsp3) is 0.0698. The van der Waals surface area contributed by atoms with Gasteiger partial charge in [-0.1, -0.05) is 158 Å². The Hall–Kier alpha value is -6.40. The van der Waals surface area contributed by atoms with Crippen LogP contribution in [0.1, 0.15) is 41.4 Å². The van der Waals surface area contributed by atoms with E-state index in [1.165, 1.54) is 0 Å². The van der Waals surface area contributed by atoms with E-state index in [9.17, 15) is 0 Å². The van der Waals surface area contributed by atoms with Gasteiger partial charge in [0.1, 0.15) is 5.41 Å². The molecule has 6 heteroatoms. The van der Waals surface area contributed by atoms with Gasteiger partial charge in [-0.05, 0) is 35.1 Å². The van der Waals surface area contributed by atoms with Crippen LogP contribution in [0.3, 0.4) is 0 Å². The van der Waals surface area contributed by atoms with Gasteiger partial charge < -0.3 is 0 Å². The summed E-state index contributed by atoms with van der Waals surface area (Å²) in [6.07, 6.45) is 8.43. The lowest BCUT2D eigenvalue weighted by Crippen LogP contribution is -2.34. The molecule has 0 N–H and O–H groups in total. The Labute approximate surface area is 284 Å². The summed E-state index contributed by atoms with van der Waals surface area (Å²) in [5.41, 5.74) is 6.84. The number of hydrogen-bond donors (Lipinski definition) is 0. The number of rotatable bonds is 6. The maximum absolute atomic E-state index is 5.37. The van der Waals surface area contributed by atoms with Crippen molar-refractivity contribution >= 4 is 5.57 Å². The number of benzene rings is 5. The molecule has 6 nitrogen and oxygen atoms in total. The van der Waals surface area contributed by atoms with Gasteiger partial charge in [0.2, 0.25) is 0 Å². The van der Waals surface area contributed by atoms with Crippen LogP contribution in [0.2, 0.25) is 0 Å². The standard InChI is InChI=1S/C43H30N6/c1-5-17-29(18-6-1)37-44-38(30-19-7-2-8-20-30)47-41(46-37)43(35-27-15-13-25-33(35)34-26-14-16-28-36(34)43)42-48-39(31-21-9-3-10-22-31)45-40(49-42)32-23-11-4-12-24-32/h1-3,5-11,13-28H,4,12H2. The molecule has 0 saturated carbocycles. The first-order valence-electron chi connectivity index (χ1n) is 16.5. The molecule has 2 heterocycles. The van der Waals surface area contributed by atoms with Gasteiger partial charge in [0, 0.05) is 22.3 Å². The summed E-state index contributed by atoms with van der Waals surface area (Å²) in [5.74, 6) is 3.52. The van der Waals surface area contributed by atoms with E-state index in [0.29, 0.717) is 34.9 Å². The van der Waals surface area contributed by atoms with Crippen molar-refractivity contribution < 1.29 is 0 Å². The lowest BCUT2D eigenvalue weighted by atomic mass is 9.76. The summed E-state index contributed by atoms with van der Waals surface area (Å²) >= 11 is 0. The minimum Gasteiger partial charge on any atom is -0.211 e. The first-order valence-corrected chi connectivity index (χ1v) is 16.5. The number of hydrogen-bond acceptors (Lipinski definition) is 6. The van der Waals surface area contributed by atoms with Crippen LogP contribution in [0.25, 0.3) is 50.9 Å². The topological polar surface area (TPSA) is 77.3 Å². The third-order valence-electron chi connectivity index (χ3n) is 9.24. The normalized spacial score (nSPS) is 14.2. The van der Waals surface area contributed by atoms with Crippen molar-refractivity contribution in [1.82, 2.24) is 29.9 Å². The van der Waals surface area contributed by atoms with E-state index in [-0.39, 0.29) is 0 Å². The Kier molecular flexibility index (Phi) is 7.05. The third kappa shape index (κ3) is 4.88. The largest absolute Gasteiger partial charge is 0.211 e. The summed E-state index contributed by atoms with van der Waals surface area (Å²) in [6.45, 7) is 0.